The fraction of sp³-hybridized carbons (Fsp3) is 0.750. The van der Waals surface area contributed by atoms with Crippen molar-refractivity contribution in [2.24, 2.45) is 0 Å². The summed E-state index contributed by atoms with van der Waals surface area (Å²) in [4.78, 5) is 9.79. The average Bonchev–Trinajstić information content (AvgIpc) is 1.61. The summed E-state index contributed by atoms with van der Waals surface area (Å²) in [7, 11) is 0. The summed E-state index contributed by atoms with van der Waals surface area (Å²) in [5.41, 5.74) is 0. The van der Waals surface area contributed by atoms with Gasteiger partial charge in [-0.25, -0.2) is 0 Å². The van der Waals surface area contributed by atoms with Crippen molar-refractivity contribution >= 4 is 21.4 Å². The second-order valence-corrected chi connectivity index (χ2v) is 4.45. The Morgan fingerprint density at radius 3 is 2.57 bits per heavy atom. The van der Waals surface area contributed by atoms with E-state index in [1.54, 1.807) is 0 Å². The molecule has 2 radical (unpaired) electrons. The molecule has 0 saturated carbocycles. The topological polar surface area (TPSA) is 37.3 Å². The average molecular weight is 161 g/mol. The summed E-state index contributed by atoms with van der Waals surface area (Å²) >= 11 is -0.123. The molecule has 0 spiro atoms. The van der Waals surface area contributed by atoms with Gasteiger partial charge in [0.15, 0.2) is 0 Å². The van der Waals surface area contributed by atoms with Crippen LogP contribution in [0.25, 0.3) is 0 Å². The number of rotatable bonds is 3. The SMILES string of the molecule is C[CH2][Ge][CH2]C(=O)O. The molecule has 2 nitrogen and oxygen atoms in total. The van der Waals surface area contributed by atoms with Crippen LogP contribution in [-0.2, 0) is 4.79 Å². The van der Waals surface area contributed by atoms with Crippen LogP contribution in [0.1, 0.15) is 6.92 Å². The third-order valence-electron chi connectivity index (χ3n) is 0.526. The Bertz CT molecular complexity index is 62.7. The van der Waals surface area contributed by atoms with Crippen molar-refractivity contribution in [2.45, 2.75) is 17.4 Å². The van der Waals surface area contributed by atoms with Gasteiger partial charge in [-0.1, -0.05) is 0 Å². The molecule has 0 unspecified atom stereocenters. The van der Waals surface area contributed by atoms with E-state index in [2.05, 4.69) is 0 Å². The molecule has 0 heterocycles. The van der Waals surface area contributed by atoms with Gasteiger partial charge in [0, 0.05) is 0 Å². The molecule has 0 bridgehead atoms. The maximum absolute atomic E-state index is 9.79. The first-order chi connectivity index (χ1) is 3.27. The first-order valence-corrected chi connectivity index (χ1v) is 5.16. The molecule has 0 aromatic heterocycles. The van der Waals surface area contributed by atoms with E-state index in [4.69, 9.17) is 5.11 Å². The predicted molar refractivity (Wildman–Crippen MR) is 28.7 cm³/mol. The van der Waals surface area contributed by atoms with Gasteiger partial charge >= 0.3 is 48.7 Å². The molecule has 0 aromatic rings. The van der Waals surface area contributed by atoms with Gasteiger partial charge in [0.1, 0.15) is 0 Å². The second kappa shape index (κ2) is 4.18. The first kappa shape index (κ1) is 7.01. The van der Waals surface area contributed by atoms with Crippen LogP contribution in [0.3, 0.4) is 0 Å². The Morgan fingerprint density at radius 2 is 2.43 bits per heavy atom. The maximum atomic E-state index is 9.79. The van der Waals surface area contributed by atoms with Crippen molar-refractivity contribution in [1.29, 1.82) is 0 Å². The summed E-state index contributed by atoms with van der Waals surface area (Å²) in [5, 5.41) is 9.61. The Labute approximate surface area is 49.4 Å². The molecule has 40 valence electrons. The van der Waals surface area contributed by atoms with Crippen molar-refractivity contribution < 1.29 is 9.90 Å². The fourth-order valence-corrected chi connectivity index (χ4v) is 1.21. The monoisotopic (exact) mass is 162 g/mol. The minimum absolute atomic E-state index is 0.123. The van der Waals surface area contributed by atoms with Crippen LogP contribution < -0.4 is 0 Å². The summed E-state index contributed by atoms with van der Waals surface area (Å²) < 4.78 is 0. The molecular weight excluding hydrogens is 153 g/mol. The van der Waals surface area contributed by atoms with Crippen LogP contribution >= 0.6 is 0 Å². The van der Waals surface area contributed by atoms with Crippen LogP contribution in [0, 0.1) is 0 Å². The van der Waals surface area contributed by atoms with Gasteiger partial charge < -0.3 is 0 Å². The molecule has 0 aromatic carbocycles. The minimum atomic E-state index is -0.637. The molecule has 0 aliphatic carbocycles. The molecule has 0 rings (SSSR count). The third kappa shape index (κ3) is 6.01. The second-order valence-electron chi connectivity index (χ2n) is 1.17. The van der Waals surface area contributed by atoms with Crippen molar-refractivity contribution in [3.05, 3.63) is 0 Å². The van der Waals surface area contributed by atoms with Crippen molar-refractivity contribution in [3.8, 4) is 0 Å². The Kier molecular flexibility index (Phi) is 4.19. The zero-order valence-corrected chi connectivity index (χ0v) is 6.37. The third-order valence-corrected chi connectivity index (χ3v) is 2.73. The van der Waals surface area contributed by atoms with E-state index in [0.717, 1.165) is 5.25 Å². The van der Waals surface area contributed by atoms with Gasteiger partial charge in [-0.05, 0) is 0 Å². The molecule has 3 heteroatoms. The van der Waals surface area contributed by atoms with Crippen LogP contribution in [0.2, 0.25) is 10.5 Å². The fourth-order valence-electron chi connectivity index (χ4n) is 0.232. The standard InChI is InChI=1S/C4H8GeO2/c1-2-5-3-4(6)7/h2-3H2,1H3,(H,6,7). The molecule has 0 fully saturated rings. The summed E-state index contributed by atoms with van der Waals surface area (Å²) in [6.07, 6.45) is 0. The first-order valence-electron chi connectivity index (χ1n) is 2.20. The van der Waals surface area contributed by atoms with Gasteiger partial charge in [-0.15, -0.1) is 0 Å². The quantitative estimate of drug-likeness (QED) is 0.616. The molecular formula is C4H8GeO2. The van der Waals surface area contributed by atoms with Crippen LogP contribution in [-0.4, -0.2) is 26.5 Å². The van der Waals surface area contributed by atoms with E-state index in [0.29, 0.717) is 5.25 Å². The van der Waals surface area contributed by atoms with Gasteiger partial charge in [-0.2, -0.15) is 0 Å². The molecule has 0 amide bonds. The summed E-state index contributed by atoms with van der Waals surface area (Å²) in [6, 6.07) is 0. The molecule has 0 aliphatic rings. The number of carboxylic acids is 1. The summed E-state index contributed by atoms with van der Waals surface area (Å²) in [6.45, 7) is 2.03. The molecule has 1 N–H and O–H groups in total. The van der Waals surface area contributed by atoms with E-state index in [9.17, 15) is 4.79 Å². The van der Waals surface area contributed by atoms with Crippen molar-refractivity contribution in [1.82, 2.24) is 0 Å². The Balaban J connectivity index is 2.82. The number of carbonyl (C=O) groups is 1. The van der Waals surface area contributed by atoms with Crippen molar-refractivity contribution in [3.63, 3.8) is 0 Å². The van der Waals surface area contributed by atoms with E-state index >= 15 is 0 Å². The molecule has 0 aliphatic heterocycles. The number of aliphatic carboxylic acids is 1. The normalized spacial score (nSPS) is 8.71. The van der Waals surface area contributed by atoms with E-state index in [1.165, 1.54) is 0 Å². The van der Waals surface area contributed by atoms with Gasteiger partial charge in [-0.3, -0.25) is 0 Å². The van der Waals surface area contributed by atoms with Crippen LogP contribution in [0.15, 0.2) is 0 Å². The van der Waals surface area contributed by atoms with Gasteiger partial charge in [0.25, 0.3) is 0 Å². The number of hydrogen-bond acceptors (Lipinski definition) is 1. The van der Waals surface area contributed by atoms with Crippen LogP contribution in [0.5, 0.6) is 0 Å². The zero-order chi connectivity index (χ0) is 5.70. The number of carboxylic acid groups (broad SMARTS) is 1. The molecule has 7 heavy (non-hydrogen) atoms. The number of hydrogen-bond donors (Lipinski definition) is 1. The molecule has 0 atom stereocenters. The molecule has 0 saturated heterocycles. The van der Waals surface area contributed by atoms with E-state index in [1.807, 2.05) is 6.92 Å². The Morgan fingerprint density at radius 1 is 1.86 bits per heavy atom. The van der Waals surface area contributed by atoms with Crippen molar-refractivity contribution in [2.75, 3.05) is 0 Å². The van der Waals surface area contributed by atoms with Gasteiger partial charge in [0.05, 0.1) is 0 Å². The van der Waals surface area contributed by atoms with E-state index < -0.39 is 5.97 Å². The summed E-state index contributed by atoms with van der Waals surface area (Å²) in [5.74, 6) is -0.637. The van der Waals surface area contributed by atoms with Gasteiger partial charge in [0.2, 0.25) is 0 Å². The predicted octanol–water partition coefficient (Wildman–Crippen LogP) is 0.632. The van der Waals surface area contributed by atoms with Crippen LogP contribution in [0.4, 0.5) is 0 Å². The van der Waals surface area contributed by atoms with E-state index in [-0.39, 0.29) is 15.4 Å². The zero-order valence-electron chi connectivity index (χ0n) is 4.27. The Hall–Kier alpha value is 0.0129.